The summed E-state index contributed by atoms with van der Waals surface area (Å²) in [5, 5.41) is 0. The molecule has 0 saturated heterocycles. The number of rotatable bonds is 4. The minimum Gasteiger partial charge on any atom is -0.466 e. The summed E-state index contributed by atoms with van der Waals surface area (Å²) in [5.41, 5.74) is 0. The van der Waals surface area contributed by atoms with Gasteiger partial charge in [-0.25, -0.2) is 0 Å². The monoisotopic (exact) mass is 192 g/mol. The molecule has 0 bridgehead atoms. The second kappa shape index (κ2) is 3.80. The first-order valence-corrected chi connectivity index (χ1v) is 5.78. The van der Waals surface area contributed by atoms with Gasteiger partial charge in [0.2, 0.25) is 0 Å². The maximum Gasteiger partial charge on any atom is 0.107 e. The van der Waals surface area contributed by atoms with Crippen LogP contribution < -0.4 is 0 Å². The summed E-state index contributed by atoms with van der Waals surface area (Å²) in [5.74, 6) is 4.60. The van der Waals surface area contributed by atoms with Crippen molar-refractivity contribution in [2.24, 2.45) is 11.8 Å². The van der Waals surface area contributed by atoms with Gasteiger partial charge in [0.25, 0.3) is 0 Å². The third-order valence-corrected chi connectivity index (χ3v) is 3.48. The quantitative estimate of drug-likeness (QED) is 0.699. The number of aryl methyl sites for hydroxylation is 1. The van der Waals surface area contributed by atoms with Gasteiger partial charge in [-0.1, -0.05) is 20.3 Å². The van der Waals surface area contributed by atoms with Crippen molar-refractivity contribution in [1.29, 1.82) is 0 Å². The average Bonchev–Trinajstić information content (AvgIpc) is 2.90. The molecule has 2 rings (SSSR count). The van der Waals surface area contributed by atoms with Gasteiger partial charge in [-0.2, -0.15) is 0 Å². The zero-order chi connectivity index (χ0) is 10.1. The van der Waals surface area contributed by atoms with E-state index in [9.17, 15) is 0 Å². The highest BCUT2D eigenvalue weighted by atomic mass is 16.3. The molecular formula is C13H20O. The molecule has 1 unspecified atom stereocenters. The third kappa shape index (κ3) is 1.87. The summed E-state index contributed by atoms with van der Waals surface area (Å²) < 4.78 is 5.77. The zero-order valence-corrected chi connectivity index (χ0v) is 9.42. The Hall–Kier alpha value is -0.720. The summed E-state index contributed by atoms with van der Waals surface area (Å²) in [6.07, 6.45) is 4.05. The molecule has 14 heavy (non-hydrogen) atoms. The van der Waals surface area contributed by atoms with Gasteiger partial charge in [0.05, 0.1) is 0 Å². The van der Waals surface area contributed by atoms with Gasteiger partial charge in [0, 0.05) is 5.92 Å². The van der Waals surface area contributed by atoms with Gasteiger partial charge >= 0.3 is 0 Å². The van der Waals surface area contributed by atoms with Crippen molar-refractivity contribution in [2.75, 3.05) is 0 Å². The Morgan fingerprint density at radius 1 is 1.43 bits per heavy atom. The molecule has 1 aliphatic carbocycles. The molecule has 1 nitrogen and oxygen atoms in total. The van der Waals surface area contributed by atoms with Crippen molar-refractivity contribution in [3.8, 4) is 0 Å². The van der Waals surface area contributed by atoms with Crippen LogP contribution in [0.2, 0.25) is 0 Å². The molecule has 78 valence electrons. The van der Waals surface area contributed by atoms with E-state index in [1.807, 2.05) is 6.92 Å². The molecule has 0 N–H and O–H groups in total. The molecule has 2 atom stereocenters. The highest BCUT2D eigenvalue weighted by Gasteiger charge is 2.36. The van der Waals surface area contributed by atoms with E-state index in [-0.39, 0.29) is 0 Å². The van der Waals surface area contributed by atoms with Crippen LogP contribution in [0.3, 0.4) is 0 Å². The second-order valence-electron chi connectivity index (χ2n) is 4.70. The smallest absolute Gasteiger partial charge is 0.107 e. The van der Waals surface area contributed by atoms with E-state index in [0.29, 0.717) is 5.92 Å². The van der Waals surface area contributed by atoms with Crippen molar-refractivity contribution in [2.45, 2.75) is 46.0 Å². The van der Waals surface area contributed by atoms with Gasteiger partial charge in [-0.05, 0) is 43.7 Å². The van der Waals surface area contributed by atoms with Crippen LogP contribution in [0.1, 0.15) is 50.5 Å². The highest BCUT2D eigenvalue weighted by molar-refractivity contribution is 5.14. The minimum atomic E-state index is 0.675. The third-order valence-electron chi connectivity index (χ3n) is 3.48. The van der Waals surface area contributed by atoms with Crippen molar-refractivity contribution in [1.82, 2.24) is 0 Å². The average molecular weight is 192 g/mol. The van der Waals surface area contributed by atoms with Gasteiger partial charge in [0.15, 0.2) is 0 Å². The predicted molar refractivity (Wildman–Crippen MR) is 58.4 cm³/mol. The maximum atomic E-state index is 5.77. The number of hydrogen-bond acceptors (Lipinski definition) is 1. The van der Waals surface area contributed by atoms with Gasteiger partial charge in [-0.3, -0.25) is 0 Å². The van der Waals surface area contributed by atoms with Gasteiger partial charge in [-0.15, -0.1) is 0 Å². The standard InChI is InChI=1S/C13H20O/c1-4-9(2)13(11-6-7-11)12-8-5-10(3)14-12/h5,8-9,11,13H,4,6-7H2,1-3H3/t9?,13-/m1/s1. The van der Waals surface area contributed by atoms with Crippen LogP contribution in [0.4, 0.5) is 0 Å². The van der Waals surface area contributed by atoms with Crippen LogP contribution in [0.15, 0.2) is 16.5 Å². The van der Waals surface area contributed by atoms with Crippen LogP contribution >= 0.6 is 0 Å². The molecule has 1 fully saturated rings. The number of furan rings is 1. The van der Waals surface area contributed by atoms with E-state index in [0.717, 1.165) is 17.6 Å². The van der Waals surface area contributed by atoms with E-state index < -0.39 is 0 Å². The Bertz CT molecular complexity index is 296. The second-order valence-corrected chi connectivity index (χ2v) is 4.70. The van der Waals surface area contributed by atoms with E-state index >= 15 is 0 Å². The Labute approximate surface area is 86.5 Å². The van der Waals surface area contributed by atoms with E-state index in [1.54, 1.807) is 0 Å². The Morgan fingerprint density at radius 3 is 2.57 bits per heavy atom. The minimum absolute atomic E-state index is 0.675. The van der Waals surface area contributed by atoms with Crippen LogP contribution in [-0.4, -0.2) is 0 Å². The molecule has 0 aliphatic heterocycles. The van der Waals surface area contributed by atoms with Crippen LogP contribution in [0.5, 0.6) is 0 Å². The SMILES string of the molecule is CCC(C)[C@@H](c1ccc(C)o1)C1CC1. The Morgan fingerprint density at radius 2 is 2.14 bits per heavy atom. The first-order chi connectivity index (χ1) is 6.72. The molecule has 1 heteroatoms. The number of hydrogen-bond donors (Lipinski definition) is 0. The lowest BCUT2D eigenvalue weighted by molar-refractivity contribution is 0.334. The Balaban J connectivity index is 2.17. The molecule has 0 spiro atoms. The van der Waals surface area contributed by atoms with Crippen molar-refractivity contribution in [3.05, 3.63) is 23.7 Å². The summed E-state index contributed by atoms with van der Waals surface area (Å²) in [4.78, 5) is 0. The lowest BCUT2D eigenvalue weighted by Gasteiger charge is -2.20. The molecule has 0 amide bonds. The van der Waals surface area contributed by atoms with E-state index in [2.05, 4.69) is 26.0 Å². The lowest BCUT2D eigenvalue weighted by atomic mass is 9.86. The summed E-state index contributed by atoms with van der Waals surface area (Å²) >= 11 is 0. The fraction of sp³-hybridized carbons (Fsp3) is 0.692. The molecule has 0 aromatic carbocycles. The molecule has 1 aliphatic rings. The fourth-order valence-electron chi connectivity index (χ4n) is 2.32. The van der Waals surface area contributed by atoms with Gasteiger partial charge < -0.3 is 4.42 Å². The van der Waals surface area contributed by atoms with Gasteiger partial charge in [0.1, 0.15) is 11.5 Å². The van der Waals surface area contributed by atoms with Crippen LogP contribution in [0.25, 0.3) is 0 Å². The normalized spacial score (nSPS) is 20.8. The molecule has 1 heterocycles. The largest absolute Gasteiger partial charge is 0.466 e. The molecule has 1 aromatic heterocycles. The first-order valence-electron chi connectivity index (χ1n) is 5.78. The summed E-state index contributed by atoms with van der Waals surface area (Å²) in [7, 11) is 0. The van der Waals surface area contributed by atoms with Crippen molar-refractivity contribution in [3.63, 3.8) is 0 Å². The molecule has 0 radical (unpaired) electrons. The molecular weight excluding hydrogens is 172 g/mol. The maximum absolute atomic E-state index is 5.77. The molecule has 1 aromatic rings. The first kappa shape index (κ1) is 9.82. The highest BCUT2D eigenvalue weighted by Crippen LogP contribution is 2.47. The summed E-state index contributed by atoms with van der Waals surface area (Å²) in [6.45, 7) is 6.65. The van der Waals surface area contributed by atoms with E-state index in [4.69, 9.17) is 4.42 Å². The molecule has 1 saturated carbocycles. The lowest BCUT2D eigenvalue weighted by Crippen LogP contribution is -2.10. The van der Waals surface area contributed by atoms with Crippen molar-refractivity contribution < 1.29 is 4.42 Å². The van der Waals surface area contributed by atoms with Crippen molar-refractivity contribution >= 4 is 0 Å². The topological polar surface area (TPSA) is 13.1 Å². The predicted octanol–water partition coefficient (Wildman–Crippen LogP) is 4.13. The zero-order valence-electron chi connectivity index (χ0n) is 9.42. The Kier molecular flexibility index (Phi) is 2.66. The van der Waals surface area contributed by atoms with Crippen LogP contribution in [-0.2, 0) is 0 Å². The summed E-state index contributed by atoms with van der Waals surface area (Å²) in [6, 6.07) is 4.26. The fourth-order valence-corrected chi connectivity index (χ4v) is 2.32. The van der Waals surface area contributed by atoms with E-state index in [1.165, 1.54) is 25.0 Å². The van der Waals surface area contributed by atoms with Crippen LogP contribution in [0, 0.1) is 18.8 Å².